The molecular formula is C20H18FN3O. The first-order valence-corrected chi connectivity index (χ1v) is 8.24. The van der Waals surface area contributed by atoms with Crippen molar-refractivity contribution in [3.8, 4) is 0 Å². The summed E-state index contributed by atoms with van der Waals surface area (Å²) >= 11 is 0. The monoisotopic (exact) mass is 335 g/mol. The van der Waals surface area contributed by atoms with Crippen LogP contribution in [0.5, 0.6) is 0 Å². The lowest BCUT2D eigenvalue weighted by Gasteiger charge is -2.04. The molecule has 0 fully saturated rings. The predicted octanol–water partition coefficient (Wildman–Crippen LogP) is 4.07. The summed E-state index contributed by atoms with van der Waals surface area (Å²) in [5.41, 5.74) is 4.28. The Bertz CT molecular complexity index is 1080. The zero-order valence-corrected chi connectivity index (χ0v) is 13.8. The highest BCUT2D eigenvalue weighted by Crippen LogP contribution is 2.22. The van der Waals surface area contributed by atoms with Crippen LogP contribution in [-0.4, -0.2) is 22.4 Å². The molecule has 0 aliphatic heterocycles. The molecule has 5 heteroatoms. The van der Waals surface area contributed by atoms with E-state index >= 15 is 0 Å². The number of amides is 1. The van der Waals surface area contributed by atoms with Crippen LogP contribution in [-0.2, 0) is 6.42 Å². The average Bonchev–Trinajstić information content (AvgIpc) is 3.17. The third-order valence-electron chi connectivity index (χ3n) is 4.60. The van der Waals surface area contributed by atoms with Crippen molar-refractivity contribution in [2.45, 2.75) is 13.3 Å². The molecule has 0 bridgehead atoms. The highest BCUT2D eigenvalue weighted by atomic mass is 19.1. The van der Waals surface area contributed by atoms with Crippen LogP contribution in [0.4, 0.5) is 4.39 Å². The van der Waals surface area contributed by atoms with E-state index in [-0.39, 0.29) is 11.7 Å². The molecule has 0 unspecified atom stereocenters. The zero-order chi connectivity index (χ0) is 17.4. The fraction of sp³-hybridized carbons (Fsp3) is 0.150. The smallest absolute Gasteiger partial charge is 0.268 e. The maximum atomic E-state index is 13.4. The van der Waals surface area contributed by atoms with Crippen molar-refractivity contribution < 1.29 is 9.18 Å². The van der Waals surface area contributed by atoms with Gasteiger partial charge in [-0.15, -0.1) is 0 Å². The topological polar surface area (TPSA) is 60.7 Å². The lowest BCUT2D eigenvalue weighted by Crippen LogP contribution is -2.26. The number of nitrogens with one attached hydrogen (secondary N) is 3. The molecular weight excluding hydrogens is 317 g/mol. The number of halogens is 1. The van der Waals surface area contributed by atoms with Gasteiger partial charge in [0.2, 0.25) is 0 Å². The number of carbonyl (C=O) groups is 1. The Hall–Kier alpha value is -3.08. The van der Waals surface area contributed by atoms with Crippen LogP contribution >= 0.6 is 0 Å². The summed E-state index contributed by atoms with van der Waals surface area (Å²) in [5.74, 6) is -0.477. The number of carbonyl (C=O) groups excluding carboxylic acids is 1. The van der Waals surface area contributed by atoms with Gasteiger partial charge in [-0.3, -0.25) is 4.79 Å². The minimum absolute atomic E-state index is 0.172. The number of hydrogen-bond donors (Lipinski definition) is 3. The summed E-state index contributed by atoms with van der Waals surface area (Å²) in [4.78, 5) is 18.8. The second-order valence-electron chi connectivity index (χ2n) is 6.18. The van der Waals surface area contributed by atoms with Gasteiger partial charge in [-0.05, 0) is 48.7 Å². The largest absolute Gasteiger partial charge is 0.361 e. The van der Waals surface area contributed by atoms with Crippen molar-refractivity contribution in [2.24, 2.45) is 0 Å². The van der Waals surface area contributed by atoms with Gasteiger partial charge in [0.15, 0.2) is 0 Å². The van der Waals surface area contributed by atoms with Gasteiger partial charge in [-0.1, -0.05) is 18.2 Å². The molecule has 25 heavy (non-hydrogen) atoms. The summed E-state index contributed by atoms with van der Waals surface area (Å²) < 4.78 is 13.4. The first-order valence-electron chi connectivity index (χ1n) is 8.24. The van der Waals surface area contributed by atoms with E-state index in [1.807, 2.05) is 31.3 Å². The van der Waals surface area contributed by atoms with Gasteiger partial charge in [0.25, 0.3) is 5.91 Å². The summed E-state index contributed by atoms with van der Waals surface area (Å²) in [7, 11) is 0. The standard InChI is InChI=1S/C20H18FN3O/c1-12-16-10-14(21)6-7-18(16)24-19(12)20(25)22-9-8-13-11-23-17-5-3-2-4-15(13)17/h2-7,10-11,23-24H,8-9H2,1H3,(H,22,25). The lowest BCUT2D eigenvalue weighted by atomic mass is 10.1. The van der Waals surface area contributed by atoms with Crippen molar-refractivity contribution in [3.05, 3.63) is 71.3 Å². The number of para-hydroxylation sites is 1. The zero-order valence-electron chi connectivity index (χ0n) is 13.8. The van der Waals surface area contributed by atoms with E-state index in [1.54, 1.807) is 6.07 Å². The highest BCUT2D eigenvalue weighted by Gasteiger charge is 2.15. The molecule has 2 heterocycles. The fourth-order valence-corrected chi connectivity index (χ4v) is 3.26. The minimum Gasteiger partial charge on any atom is -0.361 e. The van der Waals surface area contributed by atoms with E-state index in [4.69, 9.17) is 0 Å². The maximum absolute atomic E-state index is 13.4. The molecule has 0 radical (unpaired) electrons. The second kappa shape index (κ2) is 6.09. The van der Waals surface area contributed by atoms with Crippen molar-refractivity contribution in [3.63, 3.8) is 0 Å². The van der Waals surface area contributed by atoms with Crippen molar-refractivity contribution >= 4 is 27.7 Å². The molecule has 0 saturated heterocycles. The fourth-order valence-electron chi connectivity index (χ4n) is 3.26. The van der Waals surface area contributed by atoms with Gasteiger partial charge in [0.05, 0.1) is 0 Å². The third kappa shape index (κ3) is 2.78. The highest BCUT2D eigenvalue weighted by molar-refractivity contribution is 6.00. The van der Waals surface area contributed by atoms with E-state index in [2.05, 4.69) is 21.4 Å². The summed E-state index contributed by atoms with van der Waals surface area (Å²) in [6.45, 7) is 2.36. The summed E-state index contributed by atoms with van der Waals surface area (Å²) in [6.07, 6.45) is 2.72. The molecule has 0 spiro atoms. The van der Waals surface area contributed by atoms with Crippen LogP contribution in [0.2, 0.25) is 0 Å². The molecule has 1 amide bonds. The van der Waals surface area contributed by atoms with E-state index in [1.165, 1.54) is 23.1 Å². The van der Waals surface area contributed by atoms with Crippen LogP contribution in [0.3, 0.4) is 0 Å². The van der Waals surface area contributed by atoms with Crippen molar-refractivity contribution in [2.75, 3.05) is 6.54 Å². The first-order chi connectivity index (χ1) is 12.1. The second-order valence-corrected chi connectivity index (χ2v) is 6.18. The summed E-state index contributed by atoms with van der Waals surface area (Å²) in [6, 6.07) is 12.6. The predicted molar refractivity (Wildman–Crippen MR) is 97.3 cm³/mol. The third-order valence-corrected chi connectivity index (χ3v) is 4.60. The normalized spacial score (nSPS) is 11.3. The Morgan fingerprint density at radius 1 is 1.12 bits per heavy atom. The molecule has 4 rings (SSSR count). The summed E-state index contributed by atoms with van der Waals surface area (Å²) in [5, 5.41) is 4.85. The molecule has 4 aromatic rings. The van der Waals surface area contributed by atoms with Crippen LogP contribution in [0, 0.1) is 12.7 Å². The molecule has 0 saturated carbocycles. The Kier molecular flexibility index (Phi) is 3.76. The van der Waals surface area contributed by atoms with E-state index < -0.39 is 0 Å². The van der Waals surface area contributed by atoms with Crippen molar-refractivity contribution in [1.82, 2.24) is 15.3 Å². The van der Waals surface area contributed by atoms with Crippen LogP contribution < -0.4 is 5.32 Å². The van der Waals surface area contributed by atoms with Gasteiger partial charge in [-0.25, -0.2) is 4.39 Å². The molecule has 0 aliphatic rings. The number of benzene rings is 2. The molecule has 126 valence electrons. The molecule has 2 aromatic carbocycles. The van der Waals surface area contributed by atoms with Gasteiger partial charge in [-0.2, -0.15) is 0 Å². The van der Waals surface area contributed by atoms with E-state index in [9.17, 15) is 9.18 Å². The Morgan fingerprint density at radius 3 is 2.84 bits per heavy atom. The van der Waals surface area contributed by atoms with E-state index in [0.29, 0.717) is 12.2 Å². The van der Waals surface area contributed by atoms with E-state index in [0.717, 1.165) is 28.4 Å². The Morgan fingerprint density at radius 2 is 1.96 bits per heavy atom. The van der Waals surface area contributed by atoms with Gasteiger partial charge in [0, 0.05) is 34.5 Å². The SMILES string of the molecule is Cc1c(C(=O)NCCc2c[nH]c3ccccc23)[nH]c2ccc(F)cc12. The molecule has 0 aliphatic carbocycles. The first kappa shape index (κ1) is 15.4. The number of aryl methyl sites for hydroxylation is 1. The number of fused-ring (bicyclic) bond motifs is 2. The van der Waals surface area contributed by atoms with Gasteiger partial charge >= 0.3 is 0 Å². The van der Waals surface area contributed by atoms with Crippen LogP contribution in [0.15, 0.2) is 48.7 Å². The van der Waals surface area contributed by atoms with Crippen molar-refractivity contribution in [1.29, 1.82) is 0 Å². The maximum Gasteiger partial charge on any atom is 0.268 e. The minimum atomic E-state index is -0.305. The van der Waals surface area contributed by atoms with Gasteiger partial charge < -0.3 is 15.3 Å². The number of hydrogen-bond acceptors (Lipinski definition) is 1. The molecule has 3 N–H and O–H groups in total. The average molecular weight is 335 g/mol. The number of rotatable bonds is 4. The molecule has 2 aromatic heterocycles. The molecule has 4 nitrogen and oxygen atoms in total. The van der Waals surface area contributed by atoms with Gasteiger partial charge in [0.1, 0.15) is 11.5 Å². The van der Waals surface area contributed by atoms with Crippen LogP contribution in [0.25, 0.3) is 21.8 Å². The molecule has 0 atom stereocenters. The number of aromatic nitrogens is 2. The Labute approximate surface area is 144 Å². The Balaban J connectivity index is 1.48. The quantitative estimate of drug-likeness (QED) is 0.517. The number of H-pyrrole nitrogens is 2. The lowest BCUT2D eigenvalue weighted by molar-refractivity contribution is 0.0949. The number of aromatic amines is 2. The van der Waals surface area contributed by atoms with Crippen LogP contribution in [0.1, 0.15) is 21.6 Å².